The van der Waals surface area contributed by atoms with Crippen molar-refractivity contribution in [3.63, 3.8) is 0 Å². The predicted octanol–water partition coefficient (Wildman–Crippen LogP) is 20.9. The third kappa shape index (κ3) is 40.7. The Balaban J connectivity index is 0. The van der Waals surface area contributed by atoms with E-state index in [-0.39, 0.29) is 139 Å². The number of rotatable bonds is 15. The van der Waals surface area contributed by atoms with Crippen molar-refractivity contribution in [2.75, 3.05) is 67.7 Å². The lowest BCUT2D eigenvalue weighted by Crippen LogP contribution is -2.41. The molecule has 35 nitrogen and oxygen atoms in total. The summed E-state index contributed by atoms with van der Waals surface area (Å²) in [5.74, 6) is -4.00. The second-order valence-corrected chi connectivity index (χ2v) is 37.0. The fourth-order valence-electron chi connectivity index (χ4n) is 13.1. The number of likely N-dealkylation sites (tertiary alicyclic amines) is 1. The number of benzene rings is 4. The van der Waals surface area contributed by atoms with Gasteiger partial charge in [0, 0.05) is 67.6 Å². The Labute approximate surface area is 895 Å². The van der Waals surface area contributed by atoms with Crippen LogP contribution in [0.3, 0.4) is 0 Å². The van der Waals surface area contributed by atoms with Crippen LogP contribution in [0.15, 0.2) is 175 Å². The van der Waals surface area contributed by atoms with E-state index in [9.17, 15) is 52.7 Å². The summed E-state index contributed by atoms with van der Waals surface area (Å²) in [5, 5.41) is 26.9. The Morgan fingerprint density at radius 1 is 0.412 bits per heavy atom. The summed E-state index contributed by atoms with van der Waals surface area (Å²) in [6.45, 7) is 28.1. The van der Waals surface area contributed by atoms with E-state index in [0.717, 1.165) is 36.0 Å². The summed E-state index contributed by atoms with van der Waals surface area (Å²) in [6, 6.07) is 43.3. The molecule has 9 heterocycles. The number of carbonyl (C=O) groups is 11. The first-order chi connectivity index (χ1) is 65.6. The van der Waals surface area contributed by atoms with E-state index in [1.807, 2.05) is 114 Å². The van der Waals surface area contributed by atoms with Crippen molar-refractivity contribution in [1.29, 1.82) is 5.26 Å². The molecule has 0 bridgehead atoms. The Kier molecular flexibility index (Phi) is 56.7. The van der Waals surface area contributed by atoms with E-state index in [2.05, 4.69) is 24.4 Å². The van der Waals surface area contributed by atoms with Gasteiger partial charge in [0.05, 0.1) is 112 Å². The van der Waals surface area contributed by atoms with Crippen LogP contribution < -0.4 is 28.4 Å². The molecule has 0 radical (unpaired) electrons. The van der Waals surface area contributed by atoms with Crippen LogP contribution >= 0.6 is 58.0 Å². The van der Waals surface area contributed by atoms with Crippen molar-refractivity contribution < 1.29 is 105 Å². The average Bonchev–Trinajstić information content (AvgIpc) is 1.60. The van der Waals surface area contributed by atoms with Crippen molar-refractivity contribution in [3.05, 3.63) is 263 Å². The summed E-state index contributed by atoms with van der Waals surface area (Å²) in [7, 11) is 3.41. The summed E-state index contributed by atoms with van der Waals surface area (Å²) < 4.78 is 46.9. The zero-order chi connectivity index (χ0) is 104. The fourth-order valence-corrected chi connectivity index (χ4v) is 14.1. The topological polar surface area (TPSA) is 513 Å². The van der Waals surface area contributed by atoms with Crippen LogP contribution in [0.25, 0.3) is 39.3 Å². The number of methoxy groups -OCH3 is 4. The third-order valence-electron chi connectivity index (χ3n) is 21.1. The van der Waals surface area contributed by atoms with Crippen LogP contribution in [0.1, 0.15) is 281 Å². The minimum absolute atomic E-state index is 0. The molecule has 0 aliphatic carbocycles. The highest BCUT2D eigenvalue weighted by Gasteiger charge is 2.53. The highest BCUT2D eigenvalue weighted by atomic mass is 35.5. The Hall–Kier alpha value is -13.4. The molecule has 9 aromatic rings. The van der Waals surface area contributed by atoms with Gasteiger partial charge in [-0.15, -0.1) is 0 Å². The zero-order valence-corrected chi connectivity index (χ0v) is 84.0. The fraction of sp³-hybridized carbons (Fsp3) is 0.387. The van der Waals surface area contributed by atoms with Gasteiger partial charge in [0.15, 0.2) is 0 Å². The summed E-state index contributed by atoms with van der Waals surface area (Å²) in [4.78, 5) is 154. The molecular formula is C106H142B2Cl5N13O22. The van der Waals surface area contributed by atoms with Crippen LogP contribution in [0.2, 0.25) is 25.8 Å². The molecule has 0 atom stereocenters. The lowest BCUT2D eigenvalue weighted by Gasteiger charge is -2.33. The van der Waals surface area contributed by atoms with Gasteiger partial charge in [-0.2, -0.15) is 5.26 Å². The van der Waals surface area contributed by atoms with Crippen LogP contribution in [0, 0.1) is 11.3 Å². The second kappa shape index (κ2) is 61.4. The summed E-state index contributed by atoms with van der Waals surface area (Å²) in [6.07, 6.45) is 5.86. The maximum atomic E-state index is 12.3. The van der Waals surface area contributed by atoms with E-state index < -0.39 is 71.4 Å². The molecule has 0 spiro atoms. The van der Waals surface area contributed by atoms with Crippen molar-refractivity contribution in [1.82, 2.24) is 39.6 Å². The van der Waals surface area contributed by atoms with Gasteiger partial charge in [-0.05, 0) is 241 Å². The zero-order valence-electron chi connectivity index (χ0n) is 80.3. The number of ether oxygens (including phenoxy) is 7. The number of nitrogens with zero attached hydrogens (tertiary/aromatic N) is 9. The molecule has 13 rings (SSSR count). The average molecular weight is 2150 g/mol. The SMILES string of the molecule is C.C.C.C.C.C.C.C.CC(C)(C)OC(=O)N1CC=C(B2OC(C)(C)C(C)(C)O2)CC1.COC(=O)c1ccc(-c2nc(C3=CCN(C(=O)OC(C)(C)C)CC3)ccc2C(N)=O)cc1.COC(=O)c1ccc(-c2nc(C3CCN(C(=O)OC(C)(C)C)CC3)ccc2C(N)=O)cc1.COC(=O)c1ccc(-c2nc(Cl)ccc2C(N)=O)cc1.COC(=O)c1ccc(B(O)O)cc1.N#Cc1ccc(Cl)nc1Cl.NC(=O)c1ccc(Cl)nc1Cl. The summed E-state index contributed by atoms with van der Waals surface area (Å²) >= 11 is 27.8. The van der Waals surface area contributed by atoms with Crippen LogP contribution in [0.4, 0.5) is 14.4 Å². The first kappa shape index (κ1) is 137. The largest absolute Gasteiger partial charge is 0.490 e. The van der Waals surface area contributed by atoms with Gasteiger partial charge in [-0.1, -0.05) is 178 Å². The molecule has 0 saturated carbocycles. The van der Waals surface area contributed by atoms with E-state index in [4.69, 9.17) is 139 Å². The molecule has 5 aromatic heterocycles. The molecular weight excluding hydrogens is 2010 g/mol. The number of piperidine rings is 1. The first-order valence-corrected chi connectivity index (χ1v) is 45.2. The van der Waals surface area contributed by atoms with Gasteiger partial charge in [0.1, 0.15) is 48.6 Å². The van der Waals surface area contributed by atoms with Crippen molar-refractivity contribution in [3.8, 4) is 39.8 Å². The van der Waals surface area contributed by atoms with Gasteiger partial charge in [0.25, 0.3) is 23.6 Å². The smallest absolute Gasteiger partial charge is 0.465 e. The summed E-state index contributed by atoms with van der Waals surface area (Å²) in [5.41, 5.74) is 29.3. The van der Waals surface area contributed by atoms with E-state index in [1.54, 1.807) is 106 Å². The molecule has 148 heavy (non-hydrogen) atoms. The van der Waals surface area contributed by atoms with Gasteiger partial charge in [0.2, 0.25) is 0 Å². The number of aromatic nitrogens is 5. The molecule has 804 valence electrons. The third-order valence-corrected chi connectivity index (χ3v) is 22.3. The number of pyridine rings is 5. The van der Waals surface area contributed by atoms with Gasteiger partial charge >= 0.3 is 56.4 Å². The molecule has 4 aliphatic rings. The van der Waals surface area contributed by atoms with Gasteiger partial charge < -0.3 is 90.1 Å². The van der Waals surface area contributed by atoms with Crippen LogP contribution in [-0.2, 0) is 42.5 Å². The van der Waals surface area contributed by atoms with Crippen LogP contribution in [-0.4, -0.2) is 225 Å². The number of carbonyl (C=O) groups excluding carboxylic acids is 11. The van der Waals surface area contributed by atoms with Gasteiger partial charge in [-0.25, -0.2) is 53.5 Å². The number of nitriles is 1. The quantitative estimate of drug-likeness (QED) is 0.0240. The number of hydrogen-bond acceptors (Lipinski definition) is 28. The lowest BCUT2D eigenvalue weighted by atomic mass is 9.75. The Morgan fingerprint density at radius 3 is 1.07 bits per heavy atom. The molecule has 2 fully saturated rings. The minimum atomic E-state index is -1.51. The van der Waals surface area contributed by atoms with Crippen molar-refractivity contribution in [2.45, 2.75) is 209 Å². The normalized spacial score (nSPS) is 13.3. The standard InChI is InChI=1S/C24H29N3O5.C24H27N3O5.C16H28BNO4.C14H11ClN2O3.C8H9BO4.C6H4Cl2N2O.C6H2Cl2N2.8CH4/c2*1-24(2,3)32-23(30)27-13-11-15(12-14-27)19-10-9-18(21(25)28)20(26-19)16-5-7-17(8-6-16)22(29)31-4;1-14(2,3)20-13(19)18-10-8-12(9-11-18)17-21-15(4,5)16(6,7)22-17;1-20-14(19)9-4-2-8(3-5-9)12-10(13(16)18)6-7-11(15)17-12;1-13-8(10)6-2-4-7(5-3-6)9(11)12;7-4-2-1-3(6(9)11)5(8)10-4;7-5-2-1-4(3-9)6(8)10-5;;;;;;;;/h5-10,15H,11-14H2,1-4H3,(H2,25,28);5-11H,12-14H2,1-4H3,(H2,25,28);8H,9-11H2,1-7H3;2-7H,1H3,(H2,16,18);2-5,11-12H,1H3;1-2H,(H2,9,11);1-2H;8*1H4. The molecule has 4 aromatic carbocycles. The molecule has 7 amide bonds. The van der Waals surface area contributed by atoms with Crippen molar-refractivity contribution >= 4 is 149 Å². The first-order valence-electron chi connectivity index (χ1n) is 43.3. The Morgan fingerprint density at radius 2 is 0.736 bits per heavy atom. The van der Waals surface area contributed by atoms with Crippen molar-refractivity contribution in [2.24, 2.45) is 22.9 Å². The minimum Gasteiger partial charge on any atom is -0.465 e. The highest BCUT2D eigenvalue weighted by Crippen LogP contribution is 2.41. The predicted molar refractivity (Wildman–Crippen MR) is 584 cm³/mol. The second-order valence-electron chi connectivity index (χ2n) is 35.2. The van der Waals surface area contributed by atoms with Gasteiger partial charge in [-0.3, -0.25) is 24.2 Å². The van der Waals surface area contributed by atoms with E-state index >= 15 is 0 Å². The number of esters is 4. The number of halogens is 5. The lowest BCUT2D eigenvalue weighted by molar-refractivity contribution is 0.00578. The molecule has 4 aliphatic heterocycles. The monoisotopic (exact) mass is 2150 g/mol. The maximum Gasteiger partial charge on any atom is 0.490 e. The number of nitrogens with two attached hydrogens (primary N) is 4. The Bertz CT molecular complexity index is 6070. The molecule has 0 unspecified atom stereocenters. The molecule has 10 N–H and O–H groups in total. The van der Waals surface area contributed by atoms with E-state index in [1.165, 1.54) is 89.1 Å². The van der Waals surface area contributed by atoms with E-state index in [0.29, 0.717) is 129 Å². The van der Waals surface area contributed by atoms with Crippen LogP contribution in [0.5, 0.6) is 0 Å². The number of amides is 7. The number of hydrogen-bond donors (Lipinski definition) is 6. The molecule has 42 heteroatoms. The highest BCUT2D eigenvalue weighted by molar-refractivity contribution is 6.58. The molecule has 2 saturated heterocycles. The number of primary amides is 4. The maximum absolute atomic E-state index is 12.3.